The fraction of sp³-hybridized carbons (Fsp3) is 0.500. The molecule has 0 aliphatic heterocycles. The summed E-state index contributed by atoms with van der Waals surface area (Å²) >= 11 is 0. The highest BCUT2D eigenvalue weighted by Crippen LogP contribution is 2.20. The van der Waals surface area contributed by atoms with Gasteiger partial charge in [0.05, 0.1) is 6.61 Å². The quantitative estimate of drug-likeness (QED) is 0.347. The van der Waals surface area contributed by atoms with Crippen LogP contribution >= 0.6 is 0 Å². The molecule has 0 atom stereocenters. The van der Waals surface area contributed by atoms with Gasteiger partial charge in [0.2, 0.25) is 0 Å². The van der Waals surface area contributed by atoms with Crippen LogP contribution in [0.5, 0.6) is 5.75 Å². The van der Waals surface area contributed by atoms with Gasteiger partial charge >= 0.3 is 0 Å². The van der Waals surface area contributed by atoms with E-state index >= 15 is 0 Å². The highest BCUT2D eigenvalue weighted by atomic mass is 16.5. The molecule has 1 aromatic rings. The van der Waals surface area contributed by atoms with Gasteiger partial charge in [-0.1, -0.05) is 0 Å². The van der Waals surface area contributed by atoms with E-state index in [0.717, 1.165) is 28.9 Å². The summed E-state index contributed by atoms with van der Waals surface area (Å²) in [7, 11) is 0. The Morgan fingerprint density at radius 1 is 1.29 bits per heavy atom. The maximum Gasteiger partial charge on any atom is 0.182 e. The zero-order valence-corrected chi connectivity index (χ0v) is 10.3. The van der Waals surface area contributed by atoms with Gasteiger partial charge in [-0.3, -0.25) is 0 Å². The molecule has 0 bridgehead atoms. The van der Waals surface area contributed by atoms with E-state index in [4.69, 9.17) is 4.74 Å². The summed E-state index contributed by atoms with van der Waals surface area (Å²) in [6.07, 6.45) is 6.10. The van der Waals surface area contributed by atoms with E-state index < -0.39 is 0 Å². The molecule has 0 N–H and O–H groups in total. The van der Waals surface area contributed by atoms with Crippen LogP contribution in [0.1, 0.15) is 38.2 Å². The summed E-state index contributed by atoms with van der Waals surface area (Å²) in [6, 6.07) is 7.83. The smallest absolute Gasteiger partial charge is 0.182 e. The van der Waals surface area contributed by atoms with Crippen molar-refractivity contribution in [3.63, 3.8) is 0 Å². The van der Waals surface area contributed by atoms with Gasteiger partial charge in [-0.15, -0.1) is 0 Å². The SMILES string of the molecule is CCOc1ccc(C=[N+]([O-])C2CCCC2)cc1. The Hall–Kier alpha value is -1.51. The van der Waals surface area contributed by atoms with Gasteiger partial charge in [-0.05, 0) is 44.0 Å². The van der Waals surface area contributed by atoms with E-state index in [2.05, 4.69) is 0 Å². The Kier molecular flexibility index (Phi) is 4.02. The molecule has 3 nitrogen and oxygen atoms in total. The van der Waals surface area contributed by atoms with Crippen LogP contribution in [0.2, 0.25) is 0 Å². The first-order valence-corrected chi connectivity index (χ1v) is 6.33. The number of benzene rings is 1. The summed E-state index contributed by atoms with van der Waals surface area (Å²) in [5.74, 6) is 0.850. The second kappa shape index (κ2) is 5.71. The van der Waals surface area contributed by atoms with Gasteiger partial charge in [-0.2, -0.15) is 0 Å². The molecule has 92 valence electrons. The maximum atomic E-state index is 11.9. The first kappa shape index (κ1) is 12.0. The highest BCUT2D eigenvalue weighted by Gasteiger charge is 2.21. The Morgan fingerprint density at radius 3 is 2.53 bits per heavy atom. The van der Waals surface area contributed by atoms with Crippen molar-refractivity contribution in [2.24, 2.45) is 0 Å². The number of nitrogens with zero attached hydrogens (tertiary/aromatic N) is 1. The molecular weight excluding hydrogens is 214 g/mol. The number of hydrogen-bond acceptors (Lipinski definition) is 2. The minimum atomic E-state index is 0.182. The molecule has 0 aromatic heterocycles. The Labute approximate surface area is 102 Å². The normalized spacial score (nSPS) is 17.4. The van der Waals surface area contributed by atoms with E-state index in [0.29, 0.717) is 6.61 Å². The molecule has 1 aromatic carbocycles. The fourth-order valence-electron chi connectivity index (χ4n) is 2.23. The van der Waals surface area contributed by atoms with Gasteiger partial charge < -0.3 is 9.94 Å². The molecule has 0 radical (unpaired) electrons. The van der Waals surface area contributed by atoms with Gasteiger partial charge in [0.25, 0.3) is 0 Å². The lowest BCUT2D eigenvalue weighted by Gasteiger charge is -2.10. The molecule has 3 heteroatoms. The van der Waals surface area contributed by atoms with E-state index in [9.17, 15) is 5.21 Å². The van der Waals surface area contributed by atoms with Gasteiger partial charge in [0.1, 0.15) is 5.75 Å². The topological polar surface area (TPSA) is 35.3 Å². The lowest BCUT2D eigenvalue weighted by Crippen LogP contribution is -2.18. The molecule has 1 fully saturated rings. The fourth-order valence-corrected chi connectivity index (χ4v) is 2.23. The van der Waals surface area contributed by atoms with Crippen molar-refractivity contribution in [1.29, 1.82) is 0 Å². The van der Waals surface area contributed by atoms with Crippen LogP contribution < -0.4 is 4.74 Å². The number of hydroxylamine groups is 1. The minimum Gasteiger partial charge on any atom is -0.624 e. The monoisotopic (exact) mass is 233 g/mol. The second-order valence-corrected chi connectivity index (χ2v) is 4.43. The van der Waals surface area contributed by atoms with Gasteiger partial charge in [0.15, 0.2) is 12.3 Å². The van der Waals surface area contributed by atoms with Crippen LogP contribution in [0.25, 0.3) is 0 Å². The van der Waals surface area contributed by atoms with Crippen LogP contribution in [-0.2, 0) is 0 Å². The molecule has 0 unspecified atom stereocenters. The first-order chi connectivity index (χ1) is 8.29. The van der Waals surface area contributed by atoms with Crippen molar-refractivity contribution in [2.75, 3.05) is 6.61 Å². The average molecular weight is 233 g/mol. The van der Waals surface area contributed by atoms with Crippen LogP contribution in [0.3, 0.4) is 0 Å². The summed E-state index contributed by atoms with van der Waals surface area (Å²) in [6.45, 7) is 2.62. The summed E-state index contributed by atoms with van der Waals surface area (Å²) in [5.41, 5.74) is 0.940. The molecule has 1 aliphatic rings. The molecular formula is C14H19NO2. The number of rotatable bonds is 4. The lowest BCUT2D eigenvalue weighted by molar-refractivity contribution is -0.494. The summed E-state index contributed by atoms with van der Waals surface area (Å²) < 4.78 is 6.47. The number of ether oxygens (including phenoxy) is 1. The van der Waals surface area contributed by atoms with Crippen LogP contribution in [0.15, 0.2) is 24.3 Å². The predicted octanol–water partition coefficient (Wildman–Crippen LogP) is 2.96. The van der Waals surface area contributed by atoms with Gasteiger partial charge in [0, 0.05) is 18.4 Å². The first-order valence-electron chi connectivity index (χ1n) is 6.33. The van der Waals surface area contributed by atoms with E-state index in [1.165, 1.54) is 12.8 Å². The molecule has 0 spiro atoms. The maximum absolute atomic E-state index is 11.9. The van der Waals surface area contributed by atoms with Crippen LogP contribution in [0.4, 0.5) is 0 Å². The molecule has 1 saturated carbocycles. The van der Waals surface area contributed by atoms with Crippen molar-refractivity contribution >= 4 is 6.21 Å². The Morgan fingerprint density at radius 2 is 1.94 bits per heavy atom. The van der Waals surface area contributed by atoms with E-state index in [-0.39, 0.29) is 6.04 Å². The molecule has 1 aliphatic carbocycles. The van der Waals surface area contributed by atoms with E-state index in [1.807, 2.05) is 31.2 Å². The van der Waals surface area contributed by atoms with Crippen molar-refractivity contribution in [2.45, 2.75) is 38.6 Å². The van der Waals surface area contributed by atoms with Crippen molar-refractivity contribution in [3.05, 3.63) is 35.0 Å². The third-order valence-electron chi connectivity index (χ3n) is 3.15. The Bertz CT molecular complexity index is 378. The van der Waals surface area contributed by atoms with E-state index in [1.54, 1.807) is 6.21 Å². The highest BCUT2D eigenvalue weighted by molar-refractivity contribution is 5.75. The Balaban J connectivity index is 2.04. The van der Waals surface area contributed by atoms with Crippen molar-refractivity contribution < 1.29 is 9.48 Å². The zero-order valence-electron chi connectivity index (χ0n) is 10.3. The lowest BCUT2D eigenvalue weighted by atomic mass is 10.2. The van der Waals surface area contributed by atoms with Crippen molar-refractivity contribution in [1.82, 2.24) is 0 Å². The third kappa shape index (κ3) is 3.22. The summed E-state index contributed by atoms with van der Waals surface area (Å²) in [5, 5.41) is 11.9. The molecule has 17 heavy (non-hydrogen) atoms. The number of hydrogen-bond donors (Lipinski definition) is 0. The molecule has 0 saturated heterocycles. The van der Waals surface area contributed by atoms with Gasteiger partial charge in [-0.25, -0.2) is 4.74 Å². The molecule has 0 amide bonds. The minimum absolute atomic E-state index is 0.182. The standard InChI is InChI=1S/C14H19NO2/c1-2-17-14-9-7-12(8-10-14)11-15(16)13-5-3-4-6-13/h7-11,13H,2-6H2,1H3. The predicted molar refractivity (Wildman–Crippen MR) is 68.7 cm³/mol. The summed E-state index contributed by atoms with van der Waals surface area (Å²) in [4.78, 5) is 0. The van der Waals surface area contributed by atoms with Crippen LogP contribution in [0, 0.1) is 5.21 Å². The zero-order chi connectivity index (χ0) is 12.1. The third-order valence-corrected chi connectivity index (χ3v) is 3.15. The van der Waals surface area contributed by atoms with Crippen molar-refractivity contribution in [3.8, 4) is 5.75 Å². The van der Waals surface area contributed by atoms with Crippen LogP contribution in [-0.4, -0.2) is 23.6 Å². The molecule has 2 rings (SSSR count). The average Bonchev–Trinajstić information content (AvgIpc) is 2.86. The second-order valence-electron chi connectivity index (χ2n) is 4.43. The largest absolute Gasteiger partial charge is 0.624 e. The molecule has 0 heterocycles.